The van der Waals surface area contributed by atoms with Gasteiger partial charge in [0.2, 0.25) is 5.95 Å². The molecule has 0 aliphatic rings. The van der Waals surface area contributed by atoms with Crippen LogP contribution in [0.5, 0.6) is 0 Å². The average molecular weight is 352 g/mol. The molecule has 8 nitrogen and oxygen atoms in total. The number of amides is 1. The second-order valence-corrected chi connectivity index (χ2v) is 5.48. The van der Waals surface area contributed by atoms with Crippen molar-refractivity contribution in [3.8, 4) is 11.5 Å². The maximum Gasteiger partial charge on any atom is 0.328 e. The fraction of sp³-hybridized carbons (Fsp3) is 0.0588. The summed E-state index contributed by atoms with van der Waals surface area (Å²) in [5, 5.41) is 2.72. The van der Waals surface area contributed by atoms with Gasteiger partial charge in [0, 0.05) is 6.54 Å². The summed E-state index contributed by atoms with van der Waals surface area (Å²) in [5.74, 6) is 0.136. The van der Waals surface area contributed by atoms with Crippen LogP contribution in [0.1, 0.15) is 5.56 Å². The number of nitrogens with zero attached hydrogens (tertiary/aromatic N) is 4. The zero-order chi connectivity index (χ0) is 18.1. The van der Waals surface area contributed by atoms with Crippen molar-refractivity contribution >= 4 is 23.1 Å². The fourth-order valence-corrected chi connectivity index (χ4v) is 2.52. The number of imidazole rings is 1. The van der Waals surface area contributed by atoms with Crippen LogP contribution in [0.25, 0.3) is 22.6 Å². The molecule has 0 saturated heterocycles. The van der Waals surface area contributed by atoms with Crippen molar-refractivity contribution in [1.29, 1.82) is 0 Å². The molecule has 1 amide bonds. The van der Waals surface area contributed by atoms with E-state index in [4.69, 9.17) is 10.2 Å². The number of carbonyl (C=O) groups excluding carboxylic acids is 1. The number of carbonyl (C=O) groups is 1. The smallest absolute Gasteiger partial charge is 0.328 e. The number of benzene rings is 1. The summed E-state index contributed by atoms with van der Waals surface area (Å²) in [6.45, 7) is 0.227. The summed E-state index contributed by atoms with van der Waals surface area (Å²) in [5.41, 5.74) is 7.59. The predicted octanol–water partition coefficient (Wildman–Crippen LogP) is 2.57. The van der Waals surface area contributed by atoms with Gasteiger partial charge >= 0.3 is 6.03 Å². The first kappa shape index (κ1) is 15.8. The fourth-order valence-electron chi connectivity index (χ4n) is 2.52. The molecule has 0 aliphatic heterocycles. The first-order chi connectivity index (χ1) is 12.6. The van der Waals surface area contributed by atoms with Gasteiger partial charge in [0.1, 0.15) is 23.4 Å². The number of halogens is 1. The van der Waals surface area contributed by atoms with Crippen LogP contribution in [0.3, 0.4) is 0 Å². The minimum Gasteiger partial charge on any atom is -0.463 e. The first-order valence-electron chi connectivity index (χ1n) is 7.69. The zero-order valence-corrected chi connectivity index (χ0v) is 13.4. The average Bonchev–Trinajstić information content (AvgIpc) is 3.30. The minimum atomic E-state index is -0.444. The largest absolute Gasteiger partial charge is 0.463 e. The van der Waals surface area contributed by atoms with E-state index in [1.807, 2.05) is 0 Å². The van der Waals surface area contributed by atoms with Gasteiger partial charge in [0.25, 0.3) is 0 Å². The number of furan rings is 1. The summed E-state index contributed by atoms with van der Waals surface area (Å²) in [4.78, 5) is 25.0. The molecule has 0 saturated carbocycles. The summed E-state index contributed by atoms with van der Waals surface area (Å²) in [6.07, 6.45) is 2.84. The van der Waals surface area contributed by atoms with Crippen LogP contribution < -0.4 is 11.1 Å². The van der Waals surface area contributed by atoms with Crippen molar-refractivity contribution in [3.05, 3.63) is 60.4 Å². The van der Waals surface area contributed by atoms with Gasteiger partial charge in [-0.05, 0) is 29.8 Å². The second-order valence-electron chi connectivity index (χ2n) is 5.48. The lowest BCUT2D eigenvalue weighted by atomic mass is 10.2. The molecule has 0 aliphatic carbocycles. The first-order valence-corrected chi connectivity index (χ1v) is 7.69. The van der Waals surface area contributed by atoms with Gasteiger partial charge in [0.05, 0.1) is 6.26 Å². The lowest BCUT2D eigenvalue weighted by molar-refractivity contribution is 0.242. The number of hydrogen-bond acceptors (Lipinski definition) is 6. The molecule has 0 radical (unpaired) electrons. The lowest BCUT2D eigenvalue weighted by Crippen LogP contribution is -2.27. The predicted molar refractivity (Wildman–Crippen MR) is 91.5 cm³/mol. The molecular weight excluding hydrogens is 339 g/mol. The molecule has 26 heavy (non-hydrogen) atoms. The molecule has 4 aromatic rings. The molecule has 3 aromatic heterocycles. The third-order valence-corrected chi connectivity index (χ3v) is 3.74. The molecular formula is C17H13FN6O2. The molecule has 3 heterocycles. The topological polar surface area (TPSA) is 112 Å². The highest BCUT2D eigenvalue weighted by molar-refractivity contribution is 5.93. The number of anilines is 1. The van der Waals surface area contributed by atoms with E-state index in [1.165, 1.54) is 29.3 Å². The number of hydrogen-bond donors (Lipinski definition) is 2. The Balaban J connectivity index is 1.64. The Bertz CT molecular complexity index is 1070. The third-order valence-electron chi connectivity index (χ3n) is 3.74. The van der Waals surface area contributed by atoms with Crippen LogP contribution in [0, 0.1) is 5.82 Å². The molecule has 1 aromatic carbocycles. The highest BCUT2D eigenvalue weighted by Crippen LogP contribution is 2.25. The van der Waals surface area contributed by atoms with Crippen LogP contribution in [-0.2, 0) is 6.54 Å². The van der Waals surface area contributed by atoms with Gasteiger partial charge in [0.15, 0.2) is 11.4 Å². The van der Waals surface area contributed by atoms with Crippen LogP contribution in [-0.4, -0.2) is 25.6 Å². The van der Waals surface area contributed by atoms with E-state index in [-0.39, 0.29) is 24.0 Å². The van der Waals surface area contributed by atoms with Crippen molar-refractivity contribution < 1.29 is 13.6 Å². The van der Waals surface area contributed by atoms with Crippen molar-refractivity contribution in [2.24, 2.45) is 0 Å². The molecule has 0 spiro atoms. The van der Waals surface area contributed by atoms with Crippen molar-refractivity contribution in [2.75, 3.05) is 5.73 Å². The van der Waals surface area contributed by atoms with E-state index in [0.717, 1.165) is 5.56 Å². The lowest BCUT2D eigenvalue weighted by Gasteiger charge is -2.07. The molecule has 4 rings (SSSR count). The van der Waals surface area contributed by atoms with Crippen molar-refractivity contribution in [1.82, 2.24) is 24.8 Å². The summed E-state index contributed by atoms with van der Waals surface area (Å²) in [7, 11) is 0. The molecule has 0 atom stereocenters. The maximum absolute atomic E-state index is 12.9. The summed E-state index contributed by atoms with van der Waals surface area (Å²) in [6, 6.07) is 8.84. The van der Waals surface area contributed by atoms with Gasteiger partial charge in [-0.25, -0.2) is 23.7 Å². The van der Waals surface area contributed by atoms with Crippen molar-refractivity contribution in [3.63, 3.8) is 0 Å². The van der Waals surface area contributed by atoms with E-state index >= 15 is 0 Å². The summed E-state index contributed by atoms with van der Waals surface area (Å²) < 4.78 is 19.5. The Labute approximate surface area is 146 Å². The van der Waals surface area contributed by atoms with E-state index in [9.17, 15) is 9.18 Å². The Morgan fingerprint density at radius 1 is 1.23 bits per heavy atom. The van der Waals surface area contributed by atoms with Crippen LogP contribution in [0.2, 0.25) is 0 Å². The normalized spacial score (nSPS) is 11.0. The summed E-state index contributed by atoms with van der Waals surface area (Å²) >= 11 is 0. The Kier molecular flexibility index (Phi) is 3.81. The number of nitrogens with two attached hydrogens (primary N) is 1. The zero-order valence-electron chi connectivity index (χ0n) is 13.4. The van der Waals surface area contributed by atoms with E-state index in [2.05, 4.69) is 20.3 Å². The molecule has 9 heteroatoms. The minimum absolute atomic E-state index is 0.00279. The maximum atomic E-state index is 12.9. The standard InChI is InChI=1S/C17H13FN6O2/c18-11-5-3-10(4-6-11)8-20-17(25)24-9-21-14-13(12-2-1-7-26-12)22-16(19)23-15(14)24/h1-7,9H,8H2,(H,20,25)(H2,19,22,23). The number of rotatable bonds is 3. The highest BCUT2D eigenvalue weighted by atomic mass is 19.1. The number of nitrogen functional groups attached to an aromatic ring is 1. The molecule has 0 unspecified atom stereocenters. The number of aromatic nitrogens is 4. The number of nitrogens with one attached hydrogen (secondary N) is 1. The molecule has 0 fully saturated rings. The SMILES string of the molecule is Nc1nc(-c2ccco2)c2ncn(C(=O)NCc3ccc(F)cc3)c2n1. The Morgan fingerprint density at radius 3 is 2.77 bits per heavy atom. The van der Waals surface area contributed by atoms with Crippen LogP contribution in [0.4, 0.5) is 15.1 Å². The van der Waals surface area contributed by atoms with E-state index in [1.54, 1.807) is 24.3 Å². The molecule has 130 valence electrons. The third kappa shape index (κ3) is 2.86. The second kappa shape index (κ2) is 6.28. The van der Waals surface area contributed by atoms with E-state index in [0.29, 0.717) is 17.0 Å². The Morgan fingerprint density at radius 2 is 2.04 bits per heavy atom. The van der Waals surface area contributed by atoms with Crippen molar-refractivity contribution in [2.45, 2.75) is 6.54 Å². The van der Waals surface area contributed by atoms with E-state index < -0.39 is 6.03 Å². The van der Waals surface area contributed by atoms with Gasteiger partial charge < -0.3 is 15.5 Å². The quantitative estimate of drug-likeness (QED) is 0.586. The van der Waals surface area contributed by atoms with Gasteiger partial charge in [-0.15, -0.1) is 0 Å². The number of fused-ring (bicyclic) bond motifs is 1. The Hall–Kier alpha value is -3.75. The molecule has 3 N–H and O–H groups in total. The monoisotopic (exact) mass is 352 g/mol. The van der Waals surface area contributed by atoms with Gasteiger partial charge in [-0.3, -0.25) is 0 Å². The molecule has 0 bridgehead atoms. The van der Waals surface area contributed by atoms with Crippen LogP contribution in [0.15, 0.2) is 53.4 Å². The van der Waals surface area contributed by atoms with Gasteiger partial charge in [-0.2, -0.15) is 4.98 Å². The van der Waals surface area contributed by atoms with Crippen LogP contribution >= 0.6 is 0 Å². The highest BCUT2D eigenvalue weighted by Gasteiger charge is 2.18. The van der Waals surface area contributed by atoms with Gasteiger partial charge in [-0.1, -0.05) is 12.1 Å².